The smallest absolute Gasteiger partial charge is 0.257 e. The average Bonchev–Trinajstić information content (AvgIpc) is 2.41. The van der Waals surface area contributed by atoms with Gasteiger partial charge in [0.1, 0.15) is 11.6 Å². The summed E-state index contributed by atoms with van der Waals surface area (Å²) in [5.74, 6) is -1.55. The van der Waals surface area contributed by atoms with E-state index in [1.54, 1.807) is 4.90 Å². The number of hydrogen-bond acceptors (Lipinski definition) is 2. The number of amides is 1. The maximum Gasteiger partial charge on any atom is 0.257 e. The maximum absolute atomic E-state index is 13.8. The van der Waals surface area contributed by atoms with E-state index in [1.807, 2.05) is 6.92 Å². The van der Waals surface area contributed by atoms with Gasteiger partial charge in [0.05, 0.1) is 5.56 Å². The van der Waals surface area contributed by atoms with Gasteiger partial charge in [-0.1, -0.05) is 6.92 Å². The van der Waals surface area contributed by atoms with Gasteiger partial charge < -0.3 is 10.6 Å². The van der Waals surface area contributed by atoms with Crippen LogP contribution in [0.15, 0.2) is 12.1 Å². The summed E-state index contributed by atoms with van der Waals surface area (Å²) in [7, 11) is 0. The third-order valence-electron chi connectivity index (χ3n) is 4.10. The van der Waals surface area contributed by atoms with E-state index >= 15 is 0 Å². The number of carbonyl (C=O) groups excluding carboxylic acids is 1. The Morgan fingerprint density at radius 2 is 2.10 bits per heavy atom. The van der Waals surface area contributed by atoms with Gasteiger partial charge in [0.15, 0.2) is 0 Å². The number of likely N-dealkylation sites (tertiary alicyclic amines) is 1. The molecule has 1 fully saturated rings. The van der Waals surface area contributed by atoms with Crippen LogP contribution in [0.25, 0.3) is 0 Å². The minimum Gasteiger partial charge on any atom is -0.334 e. The molecule has 0 radical (unpaired) electrons. The molecule has 1 saturated heterocycles. The third kappa shape index (κ3) is 2.68. The van der Waals surface area contributed by atoms with Crippen molar-refractivity contribution in [2.75, 3.05) is 13.1 Å². The highest BCUT2D eigenvalue weighted by Crippen LogP contribution is 2.25. The summed E-state index contributed by atoms with van der Waals surface area (Å²) in [5, 5.41) is 0. The second-order valence-corrected chi connectivity index (χ2v) is 5.50. The fraction of sp³-hybridized carbons (Fsp3) is 0.533. The number of benzene rings is 1. The summed E-state index contributed by atoms with van der Waals surface area (Å²) in [6.45, 7) is 4.49. The van der Waals surface area contributed by atoms with Crippen LogP contribution in [0.5, 0.6) is 0 Å². The second kappa shape index (κ2) is 5.87. The van der Waals surface area contributed by atoms with E-state index in [2.05, 4.69) is 0 Å². The van der Waals surface area contributed by atoms with Crippen molar-refractivity contribution in [2.45, 2.75) is 32.7 Å². The van der Waals surface area contributed by atoms with Crippen LogP contribution in [-0.4, -0.2) is 29.9 Å². The van der Waals surface area contributed by atoms with Crippen LogP contribution in [0.4, 0.5) is 8.78 Å². The Bertz CT molecular complexity index is 519. The fourth-order valence-corrected chi connectivity index (χ4v) is 2.84. The zero-order valence-electron chi connectivity index (χ0n) is 11.8. The van der Waals surface area contributed by atoms with Gasteiger partial charge in [-0.3, -0.25) is 4.79 Å². The van der Waals surface area contributed by atoms with Crippen molar-refractivity contribution in [3.05, 3.63) is 34.9 Å². The first kappa shape index (κ1) is 14.9. The van der Waals surface area contributed by atoms with Crippen molar-refractivity contribution in [1.29, 1.82) is 0 Å². The second-order valence-electron chi connectivity index (χ2n) is 5.50. The van der Waals surface area contributed by atoms with Crippen LogP contribution in [-0.2, 0) is 0 Å². The van der Waals surface area contributed by atoms with E-state index in [-0.39, 0.29) is 17.2 Å². The summed E-state index contributed by atoms with van der Waals surface area (Å²) in [5.41, 5.74) is 5.94. The average molecular weight is 282 g/mol. The molecule has 2 N–H and O–H groups in total. The molecule has 1 heterocycles. The first-order valence-electron chi connectivity index (χ1n) is 6.92. The van der Waals surface area contributed by atoms with Gasteiger partial charge in [-0.2, -0.15) is 0 Å². The van der Waals surface area contributed by atoms with E-state index in [4.69, 9.17) is 5.73 Å². The molecule has 2 atom stereocenters. The van der Waals surface area contributed by atoms with E-state index < -0.39 is 17.5 Å². The lowest BCUT2D eigenvalue weighted by atomic mass is 9.90. The topological polar surface area (TPSA) is 46.3 Å². The van der Waals surface area contributed by atoms with E-state index in [0.29, 0.717) is 19.0 Å². The Morgan fingerprint density at radius 3 is 2.75 bits per heavy atom. The van der Waals surface area contributed by atoms with Crippen LogP contribution < -0.4 is 5.73 Å². The monoisotopic (exact) mass is 282 g/mol. The number of nitrogens with zero attached hydrogens (tertiary/aromatic N) is 1. The number of halogens is 2. The molecule has 1 aliphatic heterocycles. The van der Waals surface area contributed by atoms with Gasteiger partial charge in [0, 0.05) is 25.2 Å². The minimum absolute atomic E-state index is 0.0727. The molecule has 20 heavy (non-hydrogen) atoms. The van der Waals surface area contributed by atoms with Crippen LogP contribution in [0.1, 0.15) is 35.7 Å². The van der Waals surface area contributed by atoms with Crippen LogP contribution >= 0.6 is 0 Å². The van der Waals surface area contributed by atoms with Crippen LogP contribution in [0.3, 0.4) is 0 Å². The van der Waals surface area contributed by atoms with Crippen LogP contribution in [0, 0.1) is 24.5 Å². The zero-order chi connectivity index (χ0) is 14.9. The Morgan fingerprint density at radius 1 is 1.40 bits per heavy atom. The molecule has 0 saturated carbocycles. The van der Waals surface area contributed by atoms with Crippen molar-refractivity contribution in [2.24, 2.45) is 11.7 Å². The zero-order valence-corrected chi connectivity index (χ0v) is 11.8. The Labute approximate surface area is 117 Å². The molecule has 1 aliphatic rings. The van der Waals surface area contributed by atoms with Crippen molar-refractivity contribution in [1.82, 2.24) is 4.90 Å². The highest BCUT2D eigenvalue weighted by molar-refractivity contribution is 5.95. The van der Waals surface area contributed by atoms with Gasteiger partial charge in [-0.15, -0.1) is 0 Å². The summed E-state index contributed by atoms with van der Waals surface area (Å²) in [6, 6.07) is 1.97. The molecule has 0 unspecified atom stereocenters. The molecule has 0 bridgehead atoms. The number of nitrogens with two attached hydrogens (primary N) is 1. The molecule has 5 heteroatoms. The lowest BCUT2D eigenvalue weighted by Gasteiger charge is -2.39. The molecule has 0 spiro atoms. The van der Waals surface area contributed by atoms with Gasteiger partial charge in [-0.05, 0) is 37.3 Å². The lowest BCUT2D eigenvalue weighted by Crippen LogP contribution is -2.51. The lowest BCUT2D eigenvalue weighted by molar-refractivity contribution is 0.0527. The van der Waals surface area contributed by atoms with Gasteiger partial charge in [-0.25, -0.2) is 8.78 Å². The van der Waals surface area contributed by atoms with Crippen molar-refractivity contribution < 1.29 is 13.6 Å². The summed E-state index contributed by atoms with van der Waals surface area (Å²) < 4.78 is 27.1. The molecule has 0 aromatic heterocycles. The molecule has 1 aromatic rings. The molecule has 1 amide bonds. The first-order chi connectivity index (χ1) is 9.45. The third-order valence-corrected chi connectivity index (χ3v) is 4.10. The minimum atomic E-state index is -0.813. The molecule has 2 rings (SSSR count). The largest absolute Gasteiger partial charge is 0.334 e. The number of hydrogen-bond donors (Lipinski definition) is 1. The quantitative estimate of drug-likeness (QED) is 0.905. The molecule has 3 nitrogen and oxygen atoms in total. The highest BCUT2D eigenvalue weighted by Gasteiger charge is 2.32. The SMILES string of the molecule is Cc1cc(C(=O)N2CCC[C@H](C)[C@@H]2CN)c(F)cc1F. The van der Waals surface area contributed by atoms with Crippen molar-refractivity contribution >= 4 is 5.91 Å². The predicted molar refractivity (Wildman–Crippen MR) is 73.4 cm³/mol. The summed E-state index contributed by atoms with van der Waals surface area (Å²) in [6.07, 6.45) is 1.89. The summed E-state index contributed by atoms with van der Waals surface area (Å²) >= 11 is 0. The molecule has 0 aliphatic carbocycles. The summed E-state index contributed by atoms with van der Waals surface area (Å²) in [4.78, 5) is 14.1. The Kier molecular flexibility index (Phi) is 4.38. The number of piperidine rings is 1. The normalized spacial score (nSPS) is 22.9. The number of rotatable bonds is 2. The van der Waals surface area contributed by atoms with Crippen molar-refractivity contribution in [3.63, 3.8) is 0 Å². The predicted octanol–water partition coefficient (Wildman–Crippen LogP) is 2.47. The standard InChI is InChI=1S/C15H20F2N2O/c1-9-4-3-5-19(14(9)8-18)15(20)11-6-10(2)12(16)7-13(11)17/h6-7,9,14H,3-5,8,18H2,1-2H3/t9-,14-/m0/s1. The molecular formula is C15H20F2N2O. The van der Waals surface area contributed by atoms with Gasteiger partial charge in [0.25, 0.3) is 5.91 Å². The fourth-order valence-electron chi connectivity index (χ4n) is 2.84. The maximum atomic E-state index is 13.8. The molecular weight excluding hydrogens is 262 g/mol. The van der Waals surface area contributed by atoms with Crippen LogP contribution in [0.2, 0.25) is 0 Å². The molecule has 1 aromatic carbocycles. The first-order valence-corrected chi connectivity index (χ1v) is 6.92. The van der Waals surface area contributed by atoms with E-state index in [1.165, 1.54) is 13.0 Å². The van der Waals surface area contributed by atoms with Crippen molar-refractivity contribution in [3.8, 4) is 0 Å². The Balaban J connectivity index is 2.33. The highest BCUT2D eigenvalue weighted by atomic mass is 19.1. The number of carbonyl (C=O) groups is 1. The van der Waals surface area contributed by atoms with Gasteiger partial charge in [0.2, 0.25) is 0 Å². The van der Waals surface area contributed by atoms with Gasteiger partial charge >= 0.3 is 0 Å². The molecule has 110 valence electrons. The number of aryl methyl sites for hydroxylation is 1. The van der Waals surface area contributed by atoms with E-state index in [0.717, 1.165) is 18.9 Å². The van der Waals surface area contributed by atoms with E-state index in [9.17, 15) is 13.6 Å². The Hall–Kier alpha value is -1.49.